The second-order valence-electron chi connectivity index (χ2n) is 3.97. The van der Waals surface area contributed by atoms with Crippen LogP contribution >= 0.6 is 11.5 Å². The number of aromatic nitrogens is 3. The van der Waals surface area contributed by atoms with Gasteiger partial charge < -0.3 is 5.32 Å². The Morgan fingerprint density at radius 3 is 2.94 bits per heavy atom. The van der Waals surface area contributed by atoms with Crippen LogP contribution in [0.4, 0.5) is 0 Å². The van der Waals surface area contributed by atoms with Crippen LogP contribution < -0.4 is 5.32 Å². The first kappa shape index (κ1) is 11.3. The van der Waals surface area contributed by atoms with Crippen molar-refractivity contribution >= 4 is 22.4 Å². The van der Waals surface area contributed by atoms with Crippen molar-refractivity contribution in [3.8, 4) is 0 Å². The molecule has 4 nitrogen and oxygen atoms in total. The molecular weight excluding hydrogens is 244 g/mol. The average molecular weight is 256 g/mol. The number of pyridine rings is 1. The topological polar surface area (TPSA) is 50.7 Å². The number of benzene rings is 1. The normalized spacial score (nSPS) is 12.7. The summed E-state index contributed by atoms with van der Waals surface area (Å²) in [6, 6.07) is 10.2. The van der Waals surface area contributed by atoms with E-state index in [4.69, 9.17) is 0 Å². The average Bonchev–Trinajstić information content (AvgIpc) is 2.94. The highest BCUT2D eigenvalue weighted by molar-refractivity contribution is 7.03. The smallest absolute Gasteiger partial charge is 0.0970 e. The van der Waals surface area contributed by atoms with E-state index >= 15 is 0 Å². The summed E-state index contributed by atoms with van der Waals surface area (Å²) in [5, 5.41) is 10.6. The second kappa shape index (κ2) is 4.80. The highest BCUT2D eigenvalue weighted by Crippen LogP contribution is 2.27. The second-order valence-corrected chi connectivity index (χ2v) is 4.58. The van der Waals surface area contributed by atoms with Gasteiger partial charge in [-0.25, -0.2) is 0 Å². The molecule has 0 aliphatic rings. The number of nitrogens with zero attached hydrogens (tertiary/aromatic N) is 3. The van der Waals surface area contributed by atoms with Crippen molar-refractivity contribution in [1.82, 2.24) is 19.9 Å². The van der Waals surface area contributed by atoms with Crippen LogP contribution in [0.3, 0.4) is 0 Å². The summed E-state index contributed by atoms with van der Waals surface area (Å²) in [5.74, 6) is 0. The maximum Gasteiger partial charge on any atom is 0.0970 e. The third-order valence-corrected chi connectivity index (χ3v) is 3.47. The maximum atomic E-state index is 4.38. The molecule has 0 aliphatic carbocycles. The van der Waals surface area contributed by atoms with Crippen LogP contribution in [0.2, 0.25) is 0 Å². The molecule has 0 amide bonds. The maximum absolute atomic E-state index is 4.38. The van der Waals surface area contributed by atoms with Gasteiger partial charge in [0.1, 0.15) is 0 Å². The summed E-state index contributed by atoms with van der Waals surface area (Å²) in [6.07, 6.45) is 1.81. The van der Waals surface area contributed by atoms with Crippen molar-refractivity contribution in [3.05, 3.63) is 53.2 Å². The number of hydrogen-bond acceptors (Lipinski definition) is 5. The van der Waals surface area contributed by atoms with Gasteiger partial charge in [-0.2, -0.15) is 0 Å². The van der Waals surface area contributed by atoms with Gasteiger partial charge in [0.15, 0.2) is 0 Å². The fourth-order valence-corrected chi connectivity index (χ4v) is 2.62. The summed E-state index contributed by atoms with van der Waals surface area (Å²) >= 11 is 1.37. The molecule has 18 heavy (non-hydrogen) atoms. The standard InChI is InChI=1S/C13H12N4S/c1-14-13(12-8-18-17-16-12)10-4-2-6-11-9(10)5-3-7-15-11/h2-8,13-14H,1H3. The lowest BCUT2D eigenvalue weighted by atomic mass is 9.99. The molecule has 3 aromatic rings. The highest BCUT2D eigenvalue weighted by atomic mass is 32.1. The number of hydrogen-bond donors (Lipinski definition) is 1. The van der Waals surface area contributed by atoms with Gasteiger partial charge >= 0.3 is 0 Å². The van der Waals surface area contributed by atoms with Crippen molar-refractivity contribution in [3.63, 3.8) is 0 Å². The quantitative estimate of drug-likeness (QED) is 0.781. The molecule has 0 saturated heterocycles. The number of fused-ring (bicyclic) bond motifs is 1. The minimum absolute atomic E-state index is 0.0525. The van der Waals surface area contributed by atoms with E-state index in [2.05, 4.69) is 32.0 Å². The highest BCUT2D eigenvalue weighted by Gasteiger charge is 2.17. The van der Waals surface area contributed by atoms with Crippen LogP contribution in [0.1, 0.15) is 17.3 Å². The summed E-state index contributed by atoms with van der Waals surface area (Å²) in [5.41, 5.74) is 3.12. The molecule has 1 unspecified atom stereocenters. The fraction of sp³-hybridized carbons (Fsp3) is 0.154. The van der Waals surface area contributed by atoms with E-state index in [1.165, 1.54) is 17.1 Å². The Labute approximate surface area is 109 Å². The van der Waals surface area contributed by atoms with E-state index in [0.717, 1.165) is 16.6 Å². The minimum atomic E-state index is 0.0525. The van der Waals surface area contributed by atoms with E-state index in [1.54, 1.807) is 0 Å². The van der Waals surface area contributed by atoms with Crippen LogP contribution in [0.5, 0.6) is 0 Å². The number of nitrogens with one attached hydrogen (secondary N) is 1. The zero-order chi connectivity index (χ0) is 12.4. The van der Waals surface area contributed by atoms with Gasteiger partial charge in [0.05, 0.1) is 17.3 Å². The Hall–Kier alpha value is -1.85. The molecule has 0 saturated carbocycles. The zero-order valence-electron chi connectivity index (χ0n) is 9.87. The van der Waals surface area contributed by atoms with E-state index in [1.807, 2.05) is 36.8 Å². The SMILES string of the molecule is CNC(c1csnn1)c1cccc2ncccc12. The van der Waals surface area contributed by atoms with E-state index in [-0.39, 0.29) is 6.04 Å². The van der Waals surface area contributed by atoms with Gasteiger partial charge in [0.25, 0.3) is 0 Å². The molecule has 0 spiro atoms. The van der Waals surface area contributed by atoms with Crippen LogP contribution in [0, 0.1) is 0 Å². The Bertz CT molecular complexity index is 646. The first-order valence-corrected chi connectivity index (χ1v) is 6.51. The number of rotatable bonds is 3. The molecular formula is C13H12N4S. The predicted molar refractivity (Wildman–Crippen MR) is 72.6 cm³/mol. The van der Waals surface area contributed by atoms with Crippen molar-refractivity contribution < 1.29 is 0 Å². The molecule has 0 aliphatic heterocycles. The van der Waals surface area contributed by atoms with Gasteiger partial charge in [0, 0.05) is 17.0 Å². The van der Waals surface area contributed by atoms with Crippen LogP contribution in [-0.2, 0) is 0 Å². The predicted octanol–water partition coefficient (Wildman–Crippen LogP) is 2.40. The molecule has 1 atom stereocenters. The van der Waals surface area contributed by atoms with Gasteiger partial charge in [-0.1, -0.05) is 22.7 Å². The third kappa shape index (κ3) is 1.87. The van der Waals surface area contributed by atoms with Crippen molar-refractivity contribution in [1.29, 1.82) is 0 Å². The van der Waals surface area contributed by atoms with Gasteiger partial charge in [-0.3, -0.25) is 4.98 Å². The molecule has 2 aromatic heterocycles. The van der Waals surface area contributed by atoms with Crippen molar-refractivity contribution in [2.24, 2.45) is 0 Å². The summed E-state index contributed by atoms with van der Waals surface area (Å²) in [6.45, 7) is 0. The lowest BCUT2D eigenvalue weighted by Crippen LogP contribution is -2.18. The molecule has 2 heterocycles. The van der Waals surface area contributed by atoms with Crippen LogP contribution in [-0.4, -0.2) is 21.6 Å². The minimum Gasteiger partial charge on any atom is -0.308 e. The Balaban J connectivity index is 2.18. The van der Waals surface area contributed by atoms with Gasteiger partial charge in [-0.15, -0.1) is 5.10 Å². The Morgan fingerprint density at radius 2 is 2.17 bits per heavy atom. The third-order valence-electron chi connectivity index (χ3n) is 2.95. The first-order chi connectivity index (χ1) is 8.90. The molecule has 0 fully saturated rings. The monoisotopic (exact) mass is 256 g/mol. The fourth-order valence-electron chi connectivity index (χ4n) is 2.14. The lowest BCUT2D eigenvalue weighted by molar-refractivity contribution is 0.672. The van der Waals surface area contributed by atoms with Gasteiger partial charge in [-0.05, 0) is 36.3 Å². The van der Waals surface area contributed by atoms with E-state index in [9.17, 15) is 0 Å². The summed E-state index contributed by atoms with van der Waals surface area (Å²) in [4.78, 5) is 4.38. The van der Waals surface area contributed by atoms with Crippen molar-refractivity contribution in [2.75, 3.05) is 7.05 Å². The lowest BCUT2D eigenvalue weighted by Gasteiger charge is -2.15. The summed E-state index contributed by atoms with van der Waals surface area (Å²) in [7, 11) is 1.93. The van der Waals surface area contributed by atoms with Crippen LogP contribution in [0.15, 0.2) is 41.9 Å². The Morgan fingerprint density at radius 1 is 1.22 bits per heavy atom. The largest absolute Gasteiger partial charge is 0.308 e. The van der Waals surface area contributed by atoms with Gasteiger partial charge in [0.2, 0.25) is 0 Å². The molecule has 0 bridgehead atoms. The molecule has 3 rings (SSSR count). The molecule has 1 aromatic carbocycles. The molecule has 5 heteroatoms. The molecule has 90 valence electrons. The van der Waals surface area contributed by atoms with E-state index in [0.29, 0.717) is 0 Å². The molecule has 1 N–H and O–H groups in total. The first-order valence-electron chi connectivity index (χ1n) is 5.68. The molecule has 0 radical (unpaired) electrons. The van der Waals surface area contributed by atoms with Crippen molar-refractivity contribution in [2.45, 2.75) is 6.04 Å². The zero-order valence-corrected chi connectivity index (χ0v) is 10.7. The van der Waals surface area contributed by atoms with Crippen LogP contribution in [0.25, 0.3) is 10.9 Å². The summed E-state index contributed by atoms with van der Waals surface area (Å²) < 4.78 is 3.93. The van der Waals surface area contributed by atoms with E-state index < -0.39 is 0 Å². The Kier molecular flexibility index (Phi) is 3.00.